The van der Waals surface area contributed by atoms with Gasteiger partial charge in [0, 0.05) is 18.1 Å². The fraction of sp³-hybridized carbons (Fsp3) is 0.267. The third kappa shape index (κ3) is 2.29. The maximum atomic E-state index is 13.8. The van der Waals surface area contributed by atoms with E-state index < -0.39 is 0 Å². The molecule has 112 valence electrons. The number of halogens is 1. The highest BCUT2D eigenvalue weighted by atomic mass is 19.1. The lowest BCUT2D eigenvalue weighted by Gasteiger charge is -1.97. The molecule has 7 heteroatoms. The van der Waals surface area contributed by atoms with E-state index in [-0.39, 0.29) is 11.7 Å². The Kier molecular flexibility index (Phi) is 3.19. The van der Waals surface area contributed by atoms with Gasteiger partial charge < -0.3 is 9.26 Å². The minimum atomic E-state index is -0.324. The Morgan fingerprint density at radius 2 is 2.18 bits per heavy atom. The van der Waals surface area contributed by atoms with Crippen molar-refractivity contribution in [2.75, 3.05) is 13.2 Å². The van der Waals surface area contributed by atoms with Gasteiger partial charge in [0.1, 0.15) is 11.5 Å². The van der Waals surface area contributed by atoms with Crippen LogP contribution in [0.3, 0.4) is 0 Å². The van der Waals surface area contributed by atoms with Gasteiger partial charge in [-0.3, -0.25) is 5.10 Å². The van der Waals surface area contributed by atoms with Crippen molar-refractivity contribution in [1.29, 1.82) is 0 Å². The average Bonchev–Trinajstić information content (AvgIpc) is 3.27. The molecule has 6 nitrogen and oxygen atoms in total. The maximum Gasteiger partial charge on any atom is 0.275 e. The number of aromatic nitrogens is 4. The largest absolute Gasteiger partial charge is 0.381 e. The van der Waals surface area contributed by atoms with Crippen LogP contribution in [0.25, 0.3) is 22.8 Å². The summed E-state index contributed by atoms with van der Waals surface area (Å²) in [5.41, 5.74) is 1.49. The summed E-state index contributed by atoms with van der Waals surface area (Å²) in [6.07, 6.45) is 0.891. The lowest BCUT2D eigenvalue weighted by molar-refractivity contribution is 0.192. The van der Waals surface area contributed by atoms with Crippen LogP contribution in [0.1, 0.15) is 18.2 Å². The molecule has 1 fully saturated rings. The number of aromatic amines is 1. The molecule has 1 saturated heterocycles. The van der Waals surface area contributed by atoms with Crippen LogP contribution in [-0.4, -0.2) is 33.6 Å². The molecule has 0 aliphatic carbocycles. The van der Waals surface area contributed by atoms with Gasteiger partial charge in [0.15, 0.2) is 5.82 Å². The van der Waals surface area contributed by atoms with Crippen LogP contribution in [0.4, 0.5) is 4.39 Å². The Bertz CT molecular complexity index is 792. The molecule has 0 amide bonds. The van der Waals surface area contributed by atoms with Gasteiger partial charge in [-0.05, 0) is 24.6 Å². The van der Waals surface area contributed by atoms with Crippen LogP contribution in [0.15, 0.2) is 34.9 Å². The van der Waals surface area contributed by atoms with Gasteiger partial charge in [-0.15, -0.1) is 0 Å². The zero-order valence-electron chi connectivity index (χ0n) is 11.6. The molecule has 0 radical (unpaired) electrons. The van der Waals surface area contributed by atoms with Gasteiger partial charge in [0.2, 0.25) is 0 Å². The van der Waals surface area contributed by atoms with Crippen molar-refractivity contribution in [3.05, 3.63) is 42.0 Å². The Balaban J connectivity index is 1.63. The molecule has 0 unspecified atom stereocenters. The molecule has 0 saturated carbocycles. The number of H-pyrrole nitrogens is 1. The molecule has 1 aliphatic rings. The van der Waals surface area contributed by atoms with E-state index in [1.165, 1.54) is 6.07 Å². The third-order valence-electron chi connectivity index (χ3n) is 3.69. The van der Waals surface area contributed by atoms with Crippen molar-refractivity contribution in [1.82, 2.24) is 20.3 Å². The molecule has 2 aromatic heterocycles. The van der Waals surface area contributed by atoms with Gasteiger partial charge in [-0.1, -0.05) is 17.3 Å². The summed E-state index contributed by atoms with van der Waals surface area (Å²) >= 11 is 0. The number of nitrogens with zero attached hydrogens (tertiary/aromatic N) is 3. The summed E-state index contributed by atoms with van der Waals surface area (Å²) in [4.78, 5) is 4.37. The van der Waals surface area contributed by atoms with E-state index in [4.69, 9.17) is 9.26 Å². The van der Waals surface area contributed by atoms with Crippen LogP contribution in [0.5, 0.6) is 0 Å². The third-order valence-corrected chi connectivity index (χ3v) is 3.69. The summed E-state index contributed by atoms with van der Waals surface area (Å²) in [5.74, 6) is 0.827. The molecule has 1 N–H and O–H groups in total. The number of benzene rings is 1. The van der Waals surface area contributed by atoms with Gasteiger partial charge in [0.25, 0.3) is 5.89 Å². The predicted molar refractivity (Wildman–Crippen MR) is 75.5 cm³/mol. The highest BCUT2D eigenvalue weighted by Crippen LogP contribution is 2.27. The Morgan fingerprint density at radius 1 is 1.27 bits per heavy atom. The number of rotatable bonds is 3. The van der Waals surface area contributed by atoms with E-state index in [1.807, 2.05) is 0 Å². The zero-order valence-corrected chi connectivity index (χ0v) is 11.6. The summed E-state index contributed by atoms with van der Waals surface area (Å²) in [6.45, 7) is 1.33. The van der Waals surface area contributed by atoms with E-state index in [1.54, 1.807) is 24.3 Å². The van der Waals surface area contributed by atoms with Crippen LogP contribution in [0.2, 0.25) is 0 Å². The van der Waals surface area contributed by atoms with Crippen molar-refractivity contribution in [3.8, 4) is 22.8 Å². The lowest BCUT2D eigenvalue weighted by Crippen LogP contribution is -1.99. The first-order valence-electron chi connectivity index (χ1n) is 7.03. The molecule has 1 aromatic carbocycles. The highest BCUT2D eigenvalue weighted by Gasteiger charge is 2.24. The predicted octanol–water partition coefficient (Wildman–Crippen LogP) is 2.77. The molecule has 3 heterocycles. The fourth-order valence-electron chi connectivity index (χ4n) is 2.49. The van der Waals surface area contributed by atoms with Crippen LogP contribution >= 0.6 is 0 Å². The molecule has 4 rings (SSSR count). The van der Waals surface area contributed by atoms with Crippen molar-refractivity contribution < 1.29 is 13.7 Å². The van der Waals surface area contributed by atoms with Crippen LogP contribution < -0.4 is 0 Å². The highest BCUT2D eigenvalue weighted by molar-refractivity contribution is 5.64. The smallest absolute Gasteiger partial charge is 0.275 e. The van der Waals surface area contributed by atoms with Gasteiger partial charge in [-0.25, -0.2) is 4.39 Å². The zero-order chi connectivity index (χ0) is 14.9. The lowest BCUT2D eigenvalue weighted by atomic mass is 10.1. The van der Waals surface area contributed by atoms with E-state index in [9.17, 15) is 4.39 Å². The molecule has 0 bridgehead atoms. The molecule has 1 aliphatic heterocycles. The minimum Gasteiger partial charge on any atom is -0.381 e. The van der Waals surface area contributed by atoms with Crippen molar-refractivity contribution in [3.63, 3.8) is 0 Å². The molecular formula is C15H13FN4O2. The van der Waals surface area contributed by atoms with Gasteiger partial charge in [-0.2, -0.15) is 10.1 Å². The summed E-state index contributed by atoms with van der Waals surface area (Å²) in [6, 6.07) is 8.16. The monoisotopic (exact) mass is 300 g/mol. The minimum absolute atomic E-state index is 0.173. The molecule has 22 heavy (non-hydrogen) atoms. The van der Waals surface area contributed by atoms with E-state index in [0.29, 0.717) is 35.3 Å². The average molecular weight is 300 g/mol. The van der Waals surface area contributed by atoms with Crippen LogP contribution in [-0.2, 0) is 4.74 Å². The second-order valence-electron chi connectivity index (χ2n) is 5.16. The SMILES string of the molecule is Fc1ccccc1-c1cc(-c2nc([C@@H]3CCOC3)no2)[nH]n1. The maximum absolute atomic E-state index is 13.8. The standard InChI is InChI=1S/C15H13FN4O2/c16-11-4-2-1-3-10(11)12-7-13(19-18-12)15-17-14(20-22-15)9-5-6-21-8-9/h1-4,7,9H,5-6,8H2,(H,18,19)/t9-/m1/s1. The van der Waals surface area contributed by atoms with Crippen molar-refractivity contribution in [2.24, 2.45) is 0 Å². The quantitative estimate of drug-likeness (QED) is 0.805. The fourth-order valence-corrected chi connectivity index (χ4v) is 2.49. The summed E-state index contributed by atoms with van der Waals surface area (Å²) < 4.78 is 24.4. The first kappa shape index (κ1) is 13.1. The molecule has 1 atom stereocenters. The Morgan fingerprint density at radius 3 is 3.00 bits per heavy atom. The Hall–Kier alpha value is -2.54. The van der Waals surface area contributed by atoms with E-state index >= 15 is 0 Å². The Labute approximate surface area is 125 Å². The first-order valence-corrected chi connectivity index (χ1v) is 7.03. The number of nitrogens with one attached hydrogen (secondary N) is 1. The number of hydrogen-bond donors (Lipinski definition) is 1. The van der Waals surface area contributed by atoms with E-state index in [2.05, 4.69) is 20.3 Å². The second kappa shape index (κ2) is 5.34. The second-order valence-corrected chi connectivity index (χ2v) is 5.16. The van der Waals surface area contributed by atoms with Crippen molar-refractivity contribution >= 4 is 0 Å². The normalized spacial score (nSPS) is 18.0. The topological polar surface area (TPSA) is 76.8 Å². The summed E-state index contributed by atoms with van der Waals surface area (Å²) in [5, 5.41) is 10.9. The number of hydrogen-bond acceptors (Lipinski definition) is 5. The van der Waals surface area contributed by atoms with Gasteiger partial charge in [0.05, 0.1) is 12.3 Å². The van der Waals surface area contributed by atoms with Crippen molar-refractivity contribution in [2.45, 2.75) is 12.3 Å². The molecule has 3 aromatic rings. The summed E-state index contributed by atoms with van der Waals surface area (Å²) in [7, 11) is 0. The van der Waals surface area contributed by atoms with Gasteiger partial charge >= 0.3 is 0 Å². The molecular weight excluding hydrogens is 287 g/mol. The first-order chi connectivity index (χ1) is 10.8. The van der Waals surface area contributed by atoms with Crippen LogP contribution in [0, 0.1) is 5.82 Å². The van der Waals surface area contributed by atoms with E-state index in [0.717, 1.165) is 13.0 Å². The number of ether oxygens (including phenoxy) is 1. The molecule has 0 spiro atoms.